The quantitative estimate of drug-likeness (QED) is 0.480. The lowest BCUT2D eigenvalue weighted by Crippen LogP contribution is -2.54. The molecule has 1 aliphatic heterocycles. The predicted molar refractivity (Wildman–Crippen MR) is 133 cm³/mol. The molecule has 2 aliphatic rings. The minimum absolute atomic E-state index is 0.0154. The van der Waals surface area contributed by atoms with Crippen molar-refractivity contribution < 1.29 is 9.59 Å². The zero-order chi connectivity index (χ0) is 24.5. The number of aromatic nitrogens is 4. The monoisotopic (exact) mass is 474 g/mol. The third kappa shape index (κ3) is 4.96. The number of rotatable bonds is 7. The Balaban J connectivity index is 1.32. The van der Waals surface area contributed by atoms with E-state index in [4.69, 9.17) is 5.73 Å². The van der Waals surface area contributed by atoms with E-state index in [1.807, 2.05) is 12.1 Å². The second kappa shape index (κ2) is 9.36. The predicted octanol–water partition coefficient (Wildman–Crippen LogP) is 2.72. The van der Waals surface area contributed by atoms with Crippen LogP contribution in [-0.2, 0) is 7.05 Å². The van der Waals surface area contributed by atoms with Crippen LogP contribution in [0.25, 0.3) is 0 Å². The first-order valence-electron chi connectivity index (χ1n) is 12.0. The molecule has 0 bridgehead atoms. The largest absolute Gasteiger partial charge is 0.364 e. The van der Waals surface area contributed by atoms with Gasteiger partial charge < -0.3 is 21.3 Å². The number of primary amides is 1. The second-order valence-electron chi connectivity index (χ2n) is 9.37. The molecule has 1 aromatic carbocycles. The highest BCUT2D eigenvalue weighted by atomic mass is 16.2. The molecule has 2 aromatic heterocycles. The lowest BCUT2D eigenvalue weighted by molar-refractivity contribution is 0.0923. The summed E-state index contributed by atoms with van der Waals surface area (Å²) in [5.74, 6) is 0.817. The summed E-state index contributed by atoms with van der Waals surface area (Å²) < 4.78 is 1.64. The number of nitrogens with zero attached hydrogens (tertiary/aromatic N) is 5. The van der Waals surface area contributed by atoms with Crippen LogP contribution in [0.4, 0.5) is 17.3 Å². The van der Waals surface area contributed by atoms with E-state index in [1.54, 1.807) is 30.3 Å². The number of benzene rings is 1. The van der Waals surface area contributed by atoms with Gasteiger partial charge >= 0.3 is 0 Å². The van der Waals surface area contributed by atoms with Gasteiger partial charge in [0.2, 0.25) is 0 Å². The molecular weight excluding hydrogens is 444 g/mol. The van der Waals surface area contributed by atoms with E-state index >= 15 is 0 Å². The molecule has 2 amide bonds. The van der Waals surface area contributed by atoms with Crippen LogP contribution in [-0.4, -0.2) is 50.2 Å². The zero-order valence-corrected chi connectivity index (χ0v) is 19.9. The molecule has 0 unspecified atom stereocenters. The van der Waals surface area contributed by atoms with Crippen molar-refractivity contribution in [3.63, 3.8) is 0 Å². The molecule has 3 heterocycles. The summed E-state index contributed by atoms with van der Waals surface area (Å²) in [5.41, 5.74) is 8.24. The fourth-order valence-electron chi connectivity index (χ4n) is 4.64. The number of amides is 2. The van der Waals surface area contributed by atoms with Crippen molar-refractivity contribution in [3.05, 3.63) is 59.7 Å². The molecule has 4 N–H and O–H groups in total. The number of piperidine rings is 1. The molecule has 182 valence electrons. The molecule has 10 nitrogen and oxygen atoms in total. The van der Waals surface area contributed by atoms with E-state index in [0.717, 1.165) is 19.4 Å². The molecule has 1 saturated carbocycles. The minimum atomic E-state index is -0.667. The smallest absolute Gasteiger partial charge is 0.271 e. The highest BCUT2D eigenvalue weighted by Gasteiger charge is 2.31. The van der Waals surface area contributed by atoms with Gasteiger partial charge in [0.1, 0.15) is 5.82 Å². The molecule has 3 aromatic rings. The van der Waals surface area contributed by atoms with Crippen molar-refractivity contribution in [1.82, 2.24) is 25.1 Å². The molecule has 1 aliphatic carbocycles. The van der Waals surface area contributed by atoms with E-state index in [1.165, 1.54) is 18.4 Å². The fraction of sp³-hybridized carbons (Fsp3) is 0.400. The first-order chi connectivity index (χ1) is 16.9. The fourth-order valence-corrected chi connectivity index (χ4v) is 4.64. The van der Waals surface area contributed by atoms with Crippen molar-refractivity contribution in [3.8, 4) is 0 Å². The Labute approximate surface area is 203 Å². The first-order valence-corrected chi connectivity index (χ1v) is 12.0. The number of carbonyl (C=O) groups is 2. The average molecular weight is 475 g/mol. The Hall–Kier alpha value is -3.95. The van der Waals surface area contributed by atoms with Crippen LogP contribution in [0.2, 0.25) is 0 Å². The Morgan fingerprint density at radius 2 is 1.89 bits per heavy atom. The van der Waals surface area contributed by atoms with E-state index in [-0.39, 0.29) is 29.5 Å². The summed E-state index contributed by atoms with van der Waals surface area (Å²) in [6.07, 6.45) is 9.20. The molecule has 5 rings (SSSR count). The minimum Gasteiger partial charge on any atom is -0.364 e. The van der Waals surface area contributed by atoms with Gasteiger partial charge in [0.25, 0.3) is 11.8 Å². The SMILES string of the molecule is C[C@@H]1[C@H](NC(=O)c2ccc(C3CC3)cc2)CCCN1c1cnc(C(N)=O)c(Nc2cnn(C)c2)n1. The number of carbonyl (C=O) groups excluding carboxylic acids is 2. The normalized spacial score (nSPS) is 19.9. The van der Waals surface area contributed by atoms with Gasteiger partial charge in [-0.15, -0.1) is 0 Å². The van der Waals surface area contributed by atoms with Crippen molar-refractivity contribution in [2.75, 3.05) is 16.8 Å². The van der Waals surface area contributed by atoms with Gasteiger partial charge in [-0.25, -0.2) is 9.97 Å². The van der Waals surface area contributed by atoms with E-state index in [2.05, 4.69) is 49.7 Å². The van der Waals surface area contributed by atoms with Gasteiger partial charge in [0.05, 0.1) is 18.1 Å². The molecule has 35 heavy (non-hydrogen) atoms. The number of hydrogen-bond acceptors (Lipinski definition) is 7. The summed E-state index contributed by atoms with van der Waals surface area (Å²) in [6.45, 7) is 2.83. The van der Waals surface area contributed by atoms with E-state index < -0.39 is 5.91 Å². The lowest BCUT2D eigenvalue weighted by Gasteiger charge is -2.40. The van der Waals surface area contributed by atoms with Crippen molar-refractivity contribution in [2.24, 2.45) is 12.8 Å². The third-order valence-corrected chi connectivity index (χ3v) is 6.78. The summed E-state index contributed by atoms with van der Waals surface area (Å²) in [7, 11) is 1.80. The van der Waals surface area contributed by atoms with Crippen LogP contribution >= 0.6 is 0 Å². The molecule has 0 spiro atoms. The van der Waals surface area contributed by atoms with E-state index in [0.29, 0.717) is 23.0 Å². The van der Waals surface area contributed by atoms with Crippen LogP contribution in [0, 0.1) is 0 Å². The van der Waals surface area contributed by atoms with Crippen LogP contribution in [0.1, 0.15) is 64.9 Å². The second-order valence-corrected chi connectivity index (χ2v) is 9.37. The Morgan fingerprint density at radius 1 is 1.11 bits per heavy atom. The molecule has 2 fully saturated rings. The van der Waals surface area contributed by atoms with Gasteiger partial charge in [0, 0.05) is 37.4 Å². The number of hydrogen-bond donors (Lipinski definition) is 3. The van der Waals surface area contributed by atoms with Crippen molar-refractivity contribution >= 4 is 29.1 Å². The van der Waals surface area contributed by atoms with Gasteiger partial charge in [0.15, 0.2) is 11.5 Å². The van der Waals surface area contributed by atoms with Gasteiger partial charge in [-0.05, 0) is 56.2 Å². The summed E-state index contributed by atoms with van der Waals surface area (Å²) in [6, 6.07) is 7.90. The number of nitrogens with one attached hydrogen (secondary N) is 2. The first kappa shape index (κ1) is 22.8. The van der Waals surface area contributed by atoms with Gasteiger partial charge in [-0.1, -0.05) is 12.1 Å². The highest BCUT2D eigenvalue weighted by molar-refractivity contribution is 5.96. The van der Waals surface area contributed by atoms with Crippen LogP contribution < -0.4 is 21.3 Å². The summed E-state index contributed by atoms with van der Waals surface area (Å²) in [5, 5.41) is 10.4. The standard InChI is InChI=1S/C25H30N8O2/c1-15-20(30-25(35)18-9-7-17(8-10-18)16-5-6-16)4-3-11-33(15)21-13-27-22(23(26)34)24(31-21)29-19-12-28-32(2)14-19/h7-10,12-16,20H,3-6,11H2,1-2H3,(H2,26,34)(H,29,31)(H,30,35)/t15-,20-/m1/s1. The molecule has 10 heteroatoms. The maximum Gasteiger partial charge on any atom is 0.271 e. The Morgan fingerprint density at radius 3 is 2.54 bits per heavy atom. The maximum atomic E-state index is 13.0. The summed E-state index contributed by atoms with van der Waals surface area (Å²) >= 11 is 0. The highest BCUT2D eigenvalue weighted by Crippen LogP contribution is 2.39. The van der Waals surface area contributed by atoms with Gasteiger partial charge in [-0.2, -0.15) is 5.10 Å². The van der Waals surface area contributed by atoms with Crippen molar-refractivity contribution in [2.45, 2.75) is 50.6 Å². The number of anilines is 3. The molecule has 1 saturated heterocycles. The zero-order valence-electron chi connectivity index (χ0n) is 19.9. The molecular formula is C25H30N8O2. The maximum absolute atomic E-state index is 13.0. The van der Waals surface area contributed by atoms with Crippen LogP contribution in [0.3, 0.4) is 0 Å². The molecule has 2 atom stereocenters. The van der Waals surface area contributed by atoms with Gasteiger partial charge in [-0.3, -0.25) is 14.3 Å². The average Bonchev–Trinajstić information content (AvgIpc) is 3.62. The van der Waals surface area contributed by atoms with Crippen LogP contribution in [0.15, 0.2) is 42.9 Å². The topological polar surface area (TPSA) is 131 Å². The third-order valence-electron chi connectivity index (χ3n) is 6.78. The summed E-state index contributed by atoms with van der Waals surface area (Å²) in [4.78, 5) is 36.0. The van der Waals surface area contributed by atoms with Crippen molar-refractivity contribution in [1.29, 1.82) is 0 Å². The van der Waals surface area contributed by atoms with Crippen LogP contribution in [0.5, 0.6) is 0 Å². The lowest BCUT2D eigenvalue weighted by atomic mass is 9.97. The molecule has 0 radical (unpaired) electrons. The van der Waals surface area contributed by atoms with E-state index in [9.17, 15) is 9.59 Å². The Bertz CT molecular complexity index is 1230. The number of aryl methyl sites for hydroxylation is 1. The Kier molecular flexibility index (Phi) is 6.10. The number of nitrogens with two attached hydrogens (primary N) is 1.